The minimum atomic E-state index is -0.186. The second-order valence-electron chi connectivity index (χ2n) is 6.21. The van der Waals surface area contributed by atoms with E-state index >= 15 is 0 Å². The molecule has 1 unspecified atom stereocenters. The fourth-order valence-electron chi connectivity index (χ4n) is 2.82. The Morgan fingerprint density at radius 1 is 1.33 bits per heavy atom. The Labute approximate surface area is 143 Å². The number of hydrogen-bond acceptors (Lipinski definition) is 5. The van der Waals surface area contributed by atoms with Crippen molar-refractivity contribution in [3.05, 3.63) is 29.8 Å². The first-order valence-corrected chi connectivity index (χ1v) is 8.37. The highest BCUT2D eigenvalue weighted by molar-refractivity contribution is 5.80. The molecule has 0 aliphatic carbocycles. The molecule has 1 heterocycles. The van der Waals surface area contributed by atoms with Crippen LogP contribution in [0.2, 0.25) is 0 Å². The van der Waals surface area contributed by atoms with Crippen molar-refractivity contribution < 1.29 is 19.1 Å². The van der Waals surface area contributed by atoms with Gasteiger partial charge < -0.3 is 14.8 Å². The zero-order valence-electron chi connectivity index (χ0n) is 14.4. The summed E-state index contributed by atoms with van der Waals surface area (Å²) in [4.78, 5) is 25.4. The average molecular weight is 334 g/mol. The maximum Gasteiger partial charge on any atom is 0.257 e. The lowest BCUT2D eigenvalue weighted by Crippen LogP contribution is -2.51. The van der Waals surface area contributed by atoms with E-state index in [1.807, 2.05) is 0 Å². The highest BCUT2D eigenvalue weighted by Gasteiger charge is 2.24. The van der Waals surface area contributed by atoms with Crippen LogP contribution in [0.1, 0.15) is 24.2 Å². The Kier molecular flexibility index (Phi) is 7.21. The third-order valence-corrected chi connectivity index (χ3v) is 4.20. The van der Waals surface area contributed by atoms with E-state index in [1.54, 1.807) is 24.3 Å². The standard InChI is InChI=1S/C18H26N2O4/c1-14(2)16(20-7-9-23-10-8-20)11-19-18(22)13-24-17-6-4-3-5-15(17)12-21/h3-6,12,14,16H,7-11,13H2,1-2H3,(H,19,22). The minimum absolute atomic E-state index is 0.0984. The second-order valence-corrected chi connectivity index (χ2v) is 6.21. The summed E-state index contributed by atoms with van der Waals surface area (Å²) in [6.45, 7) is 8.05. The van der Waals surface area contributed by atoms with Crippen LogP contribution in [0.4, 0.5) is 0 Å². The number of nitrogens with zero attached hydrogens (tertiary/aromatic N) is 1. The van der Waals surface area contributed by atoms with Crippen LogP contribution < -0.4 is 10.1 Å². The first-order chi connectivity index (χ1) is 11.6. The lowest BCUT2D eigenvalue weighted by Gasteiger charge is -2.36. The van der Waals surface area contributed by atoms with Crippen LogP contribution in [0.3, 0.4) is 0 Å². The number of rotatable bonds is 8. The summed E-state index contributed by atoms with van der Waals surface area (Å²) in [6, 6.07) is 7.15. The highest BCUT2D eigenvalue weighted by Crippen LogP contribution is 2.15. The zero-order valence-corrected chi connectivity index (χ0v) is 14.4. The topological polar surface area (TPSA) is 67.9 Å². The summed E-state index contributed by atoms with van der Waals surface area (Å²) in [5.41, 5.74) is 0.443. The van der Waals surface area contributed by atoms with Crippen LogP contribution in [-0.4, -0.2) is 62.6 Å². The molecular formula is C18H26N2O4. The fourth-order valence-corrected chi connectivity index (χ4v) is 2.82. The van der Waals surface area contributed by atoms with E-state index in [1.165, 1.54) is 0 Å². The number of carbonyl (C=O) groups is 2. The molecule has 1 aliphatic rings. The van der Waals surface area contributed by atoms with Crippen molar-refractivity contribution in [2.75, 3.05) is 39.5 Å². The molecule has 0 saturated carbocycles. The molecule has 2 rings (SSSR count). The van der Waals surface area contributed by atoms with Gasteiger partial charge in [0.15, 0.2) is 12.9 Å². The largest absolute Gasteiger partial charge is 0.483 e. The van der Waals surface area contributed by atoms with Crippen molar-refractivity contribution >= 4 is 12.2 Å². The predicted molar refractivity (Wildman–Crippen MR) is 91.4 cm³/mol. The molecule has 1 atom stereocenters. The number of hydrogen-bond donors (Lipinski definition) is 1. The Morgan fingerprint density at radius 3 is 2.71 bits per heavy atom. The smallest absolute Gasteiger partial charge is 0.257 e. The number of carbonyl (C=O) groups excluding carboxylic acids is 2. The minimum Gasteiger partial charge on any atom is -0.483 e. The number of aldehydes is 1. The Balaban J connectivity index is 1.81. The van der Waals surface area contributed by atoms with Crippen molar-refractivity contribution in [1.29, 1.82) is 0 Å². The number of nitrogens with one attached hydrogen (secondary N) is 1. The van der Waals surface area contributed by atoms with Crippen LogP contribution in [0.5, 0.6) is 5.75 Å². The molecule has 6 heteroatoms. The van der Waals surface area contributed by atoms with E-state index in [9.17, 15) is 9.59 Å². The van der Waals surface area contributed by atoms with E-state index in [2.05, 4.69) is 24.1 Å². The zero-order chi connectivity index (χ0) is 17.4. The van der Waals surface area contributed by atoms with Gasteiger partial charge in [-0.3, -0.25) is 14.5 Å². The summed E-state index contributed by atoms with van der Waals surface area (Å²) >= 11 is 0. The van der Waals surface area contributed by atoms with Crippen LogP contribution in [-0.2, 0) is 9.53 Å². The third-order valence-electron chi connectivity index (χ3n) is 4.20. The number of para-hydroxylation sites is 1. The summed E-state index contributed by atoms with van der Waals surface area (Å²) in [5.74, 6) is 0.672. The monoisotopic (exact) mass is 334 g/mol. The average Bonchev–Trinajstić information content (AvgIpc) is 2.61. The first kappa shape index (κ1) is 18.4. The number of benzene rings is 1. The molecule has 0 bridgehead atoms. The maximum absolute atomic E-state index is 12.1. The summed E-state index contributed by atoms with van der Waals surface area (Å²) < 4.78 is 10.8. The van der Waals surface area contributed by atoms with E-state index < -0.39 is 0 Å². The molecular weight excluding hydrogens is 308 g/mol. The van der Waals surface area contributed by atoms with Gasteiger partial charge in [-0.25, -0.2) is 0 Å². The summed E-state index contributed by atoms with van der Waals surface area (Å²) in [7, 11) is 0. The van der Waals surface area contributed by atoms with E-state index in [0.29, 0.717) is 23.8 Å². The highest BCUT2D eigenvalue weighted by atomic mass is 16.5. The van der Waals surface area contributed by atoms with Gasteiger partial charge in [0, 0.05) is 25.7 Å². The van der Waals surface area contributed by atoms with Crippen LogP contribution in [0, 0.1) is 5.92 Å². The Morgan fingerprint density at radius 2 is 2.04 bits per heavy atom. The SMILES string of the molecule is CC(C)C(CNC(=O)COc1ccccc1C=O)N1CCOCC1. The maximum atomic E-state index is 12.1. The lowest BCUT2D eigenvalue weighted by molar-refractivity contribution is -0.123. The quantitative estimate of drug-likeness (QED) is 0.727. The predicted octanol–water partition coefficient (Wildman–Crippen LogP) is 1.35. The van der Waals surface area contributed by atoms with Gasteiger partial charge in [-0.15, -0.1) is 0 Å². The van der Waals surface area contributed by atoms with Gasteiger partial charge in [-0.2, -0.15) is 0 Å². The van der Waals surface area contributed by atoms with Crippen molar-refractivity contribution in [1.82, 2.24) is 10.2 Å². The molecule has 6 nitrogen and oxygen atoms in total. The molecule has 1 aromatic rings. The molecule has 24 heavy (non-hydrogen) atoms. The molecule has 1 amide bonds. The molecule has 0 aromatic heterocycles. The molecule has 1 aliphatic heterocycles. The molecule has 132 valence electrons. The molecule has 1 N–H and O–H groups in total. The van der Waals surface area contributed by atoms with Gasteiger partial charge in [-0.1, -0.05) is 26.0 Å². The molecule has 0 radical (unpaired) electrons. The van der Waals surface area contributed by atoms with E-state index in [-0.39, 0.29) is 18.6 Å². The first-order valence-electron chi connectivity index (χ1n) is 8.37. The number of amides is 1. The van der Waals surface area contributed by atoms with Crippen molar-refractivity contribution in [2.24, 2.45) is 5.92 Å². The number of ether oxygens (including phenoxy) is 2. The van der Waals surface area contributed by atoms with Crippen LogP contribution in [0.15, 0.2) is 24.3 Å². The van der Waals surface area contributed by atoms with Gasteiger partial charge in [0.1, 0.15) is 5.75 Å². The molecule has 1 fully saturated rings. The van der Waals surface area contributed by atoms with Gasteiger partial charge in [0.05, 0.1) is 18.8 Å². The van der Waals surface area contributed by atoms with Crippen LogP contribution in [0.25, 0.3) is 0 Å². The van der Waals surface area contributed by atoms with Gasteiger partial charge in [-0.05, 0) is 18.1 Å². The van der Waals surface area contributed by atoms with Gasteiger partial charge in [0.25, 0.3) is 5.91 Å². The normalized spacial score (nSPS) is 16.6. The van der Waals surface area contributed by atoms with Crippen molar-refractivity contribution in [3.63, 3.8) is 0 Å². The van der Waals surface area contributed by atoms with Gasteiger partial charge >= 0.3 is 0 Å². The molecule has 1 saturated heterocycles. The molecule has 0 spiro atoms. The van der Waals surface area contributed by atoms with Gasteiger partial charge in [0.2, 0.25) is 0 Å². The van der Waals surface area contributed by atoms with E-state index in [4.69, 9.17) is 9.47 Å². The Bertz CT molecular complexity index is 542. The summed E-state index contributed by atoms with van der Waals surface area (Å²) in [6.07, 6.45) is 0.723. The third kappa shape index (κ3) is 5.32. The van der Waals surface area contributed by atoms with Crippen molar-refractivity contribution in [2.45, 2.75) is 19.9 Å². The Hall–Kier alpha value is -1.92. The van der Waals surface area contributed by atoms with Crippen molar-refractivity contribution in [3.8, 4) is 5.75 Å². The second kappa shape index (κ2) is 9.39. The number of morpholine rings is 1. The van der Waals surface area contributed by atoms with E-state index in [0.717, 1.165) is 32.6 Å². The fraction of sp³-hybridized carbons (Fsp3) is 0.556. The molecule has 1 aromatic carbocycles. The van der Waals surface area contributed by atoms with Crippen LogP contribution >= 0.6 is 0 Å². The lowest BCUT2D eigenvalue weighted by atomic mass is 10.0. The summed E-state index contributed by atoms with van der Waals surface area (Å²) in [5, 5.41) is 2.93.